The maximum atomic E-state index is 13.2. The van der Waals surface area contributed by atoms with Crippen LogP contribution >= 0.6 is 11.6 Å². The molecule has 3 heterocycles. The molecule has 0 spiro atoms. The fourth-order valence-electron chi connectivity index (χ4n) is 4.33. The first-order valence-electron chi connectivity index (χ1n) is 8.36. The van der Waals surface area contributed by atoms with Crippen LogP contribution in [0.15, 0.2) is 47.4 Å². The highest BCUT2D eigenvalue weighted by molar-refractivity contribution is 7.90. The van der Waals surface area contributed by atoms with Gasteiger partial charge in [0.15, 0.2) is 0 Å². The van der Waals surface area contributed by atoms with Crippen LogP contribution < -0.4 is 0 Å². The number of aromatic nitrogens is 1. The summed E-state index contributed by atoms with van der Waals surface area (Å²) < 4.78 is 27.9. The second-order valence-corrected chi connectivity index (χ2v) is 9.13. The molecule has 0 bridgehead atoms. The van der Waals surface area contributed by atoms with Crippen molar-refractivity contribution in [1.29, 1.82) is 0 Å². The molecule has 128 valence electrons. The number of halogens is 1. The van der Waals surface area contributed by atoms with Crippen LogP contribution in [0.25, 0.3) is 22.2 Å². The Morgan fingerprint density at radius 2 is 1.96 bits per heavy atom. The zero-order chi connectivity index (χ0) is 17.3. The fraction of sp³-hybridized carbons (Fsp3) is 0.263. The predicted octanol–water partition coefficient (Wildman–Crippen LogP) is 3.93. The molecule has 0 radical (unpaired) electrons. The molecule has 2 aliphatic heterocycles. The molecule has 0 N–H and O–H groups in total. The number of hydrogen-bond donors (Lipinski definition) is 0. The molecule has 25 heavy (non-hydrogen) atoms. The van der Waals surface area contributed by atoms with E-state index >= 15 is 0 Å². The Hall–Kier alpha value is -1.82. The number of likely N-dealkylation sites (N-methyl/N-ethyl adjacent to an activating group) is 1. The van der Waals surface area contributed by atoms with Crippen molar-refractivity contribution >= 4 is 32.5 Å². The summed E-state index contributed by atoms with van der Waals surface area (Å²) in [6.07, 6.45) is 1.04. The third-order valence-corrected chi connectivity index (χ3v) is 7.39. The van der Waals surface area contributed by atoms with Gasteiger partial charge >= 0.3 is 0 Å². The standard InChI is InChI=1S/C19H17ClN2O2S/c1-21-9-8-12(11-21)18-14-7-6-13(20)10-16(14)22-19(18)15-4-2-3-5-17(15)25(22,23)24/h2-7,10,12H,8-9,11H2,1H3/t12-/m0/s1. The van der Waals surface area contributed by atoms with E-state index in [0.717, 1.165) is 41.7 Å². The van der Waals surface area contributed by atoms with E-state index in [1.807, 2.05) is 24.3 Å². The lowest BCUT2D eigenvalue weighted by molar-refractivity contribution is 0.412. The van der Waals surface area contributed by atoms with Crippen LogP contribution in [0.5, 0.6) is 0 Å². The van der Waals surface area contributed by atoms with Gasteiger partial charge in [-0.15, -0.1) is 0 Å². The third-order valence-electron chi connectivity index (χ3n) is 5.39. The van der Waals surface area contributed by atoms with Crippen molar-refractivity contribution in [1.82, 2.24) is 8.87 Å². The van der Waals surface area contributed by atoms with E-state index in [9.17, 15) is 8.42 Å². The van der Waals surface area contributed by atoms with Crippen molar-refractivity contribution in [3.05, 3.63) is 53.1 Å². The van der Waals surface area contributed by atoms with Gasteiger partial charge in [-0.25, -0.2) is 12.4 Å². The number of fused-ring (bicyclic) bond motifs is 5. The van der Waals surface area contributed by atoms with Crippen LogP contribution in [0.1, 0.15) is 17.9 Å². The molecular formula is C19H17ClN2O2S. The lowest BCUT2D eigenvalue weighted by atomic mass is 9.92. The number of rotatable bonds is 1. The summed E-state index contributed by atoms with van der Waals surface area (Å²) in [4.78, 5) is 2.69. The van der Waals surface area contributed by atoms with Gasteiger partial charge in [-0.3, -0.25) is 0 Å². The molecular weight excluding hydrogens is 356 g/mol. The molecule has 0 unspecified atom stereocenters. The summed E-state index contributed by atoms with van der Waals surface area (Å²) in [6, 6.07) is 12.9. The van der Waals surface area contributed by atoms with Crippen LogP contribution in [0.3, 0.4) is 0 Å². The highest BCUT2D eigenvalue weighted by Crippen LogP contribution is 2.49. The Kier molecular flexibility index (Phi) is 3.15. The van der Waals surface area contributed by atoms with Crippen molar-refractivity contribution < 1.29 is 8.42 Å². The van der Waals surface area contributed by atoms with Gasteiger partial charge < -0.3 is 4.90 Å². The summed E-state index contributed by atoms with van der Waals surface area (Å²) >= 11 is 6.20. The minimum absolute atomic E-state index is 0.325. The largest absolute Gasteiger partial charge is 0.306 e. The topological polar surface area (TPSA) is 42.3 Å². The first kappa shape index (κ1) is 15.4. The summed E-state index contributed by atoms with van der Waals surface area (Å²) in [5.74, 6) is 0.325. The number of likely N-dealkylation sites (tertiary alicyclic amines) is 1. The Bertz CT molecular complexity index is 1130. The Balaban J connectivity index is 1.94. The quantitative estimate of drug-likeness (QED) is 0.508. The molecule has 2 aromatic carbocycles. The van der Waals surface area contributed by atoms with Gasteiger partial charge in [0.05, 0.1) is 16.1 Å². The van der Waals surface area contributed by atoms with E-state index in [1.165, 1.54) is 3.97 Å². The van der Waals surface area contributed by atoms with E-state index in [2.05, 4.69) is 11.9 Å². The molecule has 6 heteroatoms. The molecule has 1 aromatic heterocycles. The fourth-order valence-corrected chi connectivity index (χ4v) is 6.23. The maximum Gasteiger partial charge on any atom is 0.269 e. The Morgan fingerprint density at radius 1 is 1.16 bits per heavy atom. The van der Waals surface area contributed by atoms with Gasteiger partial charge in [0.2, 0.25) is 0 Å². The van der Waals surface area contributed by atoms with Crippen LogP contribution in [0, 0.1) is 0 Å². The molecule has 1 saturated heterocycles. The maximum absolute atomic E-state index is 13.2. The van der Waals surface area contributed by atoms with Crippen molar-refractivity contribution in [2.45, 2.75) is 17.2 Å². The van der Waals surface area contributed by atoms with E-state index in [1.54, 1.807) is 18.2 Å². The molecule has 1 fully saturated rings. The Morgan fingerprint density at radius 3 is 2.72 bits per heavy atom. The van der Waals surface area contributed by atoms with Crippen LogP contribution in [-0.2, 0) is 10.0 Å². The number of benzene rings is 2. The average molecular weight is 373 g/mol. The molecule has 0 amide bonds. The van der Waals surface area contributed by atoms with Crippen molar-refractivity contribution in [3.8, 4) is 11.3 Å². The van der Waals surface area contributed by atoms with Crippen LogP contribution in [-0.4, -0.2) is 37.4 Å². The highest BCUT2D eigenvalue weighted by Gasteiger charge is 2.39. The van der Waals surface area contributed by atoms with Crippen molar-refractivity contribution in [2.75, 3.05) is 20.1 Å². The van der Waals surface area contributed by atoms with Gasteiger partial charge in [-0.1, -0.05) is 35.9 Å². The van der Waals surface area contributed by atoms with Crippen molar-refractivity contribution in [2.24, 2.45) is 0 Å². The molecule has 1 atom stereocenters. The lowest BCUT2D eigenvalue weighted by Crippen LogP contribution is -2.13. The average Bonchev–Trinajstić information content (AvgIpc) is 3.21. The van der Waals surface area contributed by atoms with Gasteiger partial charge in [0.1, 0.15) is 0 Å². The van der Waals surface area contributed by atoms with Gasteiger partial charge in [0.25, 0.3) is 10.0 Å². The van der Waals surface area contributed by atoms with Crippen molar-refractivity contribution in [3.63, 3.8) is 0 Å². The SMILES string of the molecule is CN1CC[C@H](c2c3n(c4cc(Cl)ccc24)S(=O)(=O)c2ccccc2-3)C1. The minimum atomic E-state index is -3.59. The smallest absolute Gasteiger partial charge is 0.269 e. The van der Waals surface area contributed by atoms with E-state index < -0.39 is 10.0 Å². The molecule has 4 nitrogen and oxygen atoms in total. The zero-order valence-electron chi connectivity index (χ0n) is 13.7. The molecule has 0 aliphatic carbocycles. The predicted molar refractivity (Wildman–Crippen MR) is 99.8 cm³/mol. The minimum Gasteiger partial charge on any atom is -0.306 e. The zero-order valence-corrected chi connectivity index (χ0v) is 15.3. The summed E-state index contributed by atoms with van der Waals surface area (Å²) in [5, 5.41) is 1.55. The van der Waals surface area contributed by atoms with Crippen LogP contribution in [0.2, 0.25) is 5.02 Å². The van der Waals surface area contributed by atoms with E-state index in [-0.39, 0.29) is 0 Å². The number of nitrogens with zero attached hydrogens (tertiary/aromatic N) is 2. The first-order valence-corrected chi connectivity index (χ1v) is 10.2. The van der Waals surface area contributed by atoms with Gasteiger partial charge in [-0.05, 0) is 43.8 Å². The Labute approximate surface area is 151 Å². The second-order valence-electron chi connectivity index (χ2n) is 6.94. The third kappa shape index (κ3) is 2.00. The molecule has 3 aromatic rings. The molecule has 2 aliphatic rings. The summed E-state index contributed by atoms with van der Waals surface area (Å²) in [5.41, 5.74) is 3.46. The van der Waals surface area contributed by atoms with E-state index in [4.69, 9.17) is 11.6 Å². The molecule has 0 saturated carbocycles. The normalized spacial score (nSPS) is 21.6. The van der Waals surface area contributed by atoms with Gasteiger partial charge in [-0.2, -0.15) is 0 Å². The molecule has 5 rings (SSSR count). The monoisotopic (exact) mass is 372 g/mol. The second kappa shape index (κ2) is 5.10. The first-order chi connectivity index (χ1) is 12.0. The van der Waals surface area contributed by atoms with Crippen LogP contribution in [0.4, 0.5) is 0 Å². The van der Waals surface area contributed by atoms with E-state index in [0.29, 0.717) is 21.4 Å². The summed E-state index contributed by atoms with van der Waals surface area (Å²) in [6.45, 7) is 1.97. The lowest BCUT2D eigenvalue weighted by Gasteiger charge is -2.12. The number of hydrogen-bond acceptors (Lipinski definition) is 3. The van der Waals surface area contributed by atoms with Gasteiger partial charge in [0, 0.05) is 28.4 Å². The highest BCUT2D eigenvalue weighted by atomic mass is 35.5. The summed E-state index contributed by atoms with van der Waals surface area (Å²) in [7, 11) is -1.47.